The van der Waals surface area contributed by atoms with Gasteiger partial charge < -0.3 is 49.6 Å². The molecule has 4 unspecified atom stereocenters. The Bertz CT molecular complexity index is 1520. The van der Waals surface area contributed by atoms with Crippen molar-refractivity contribution < 1.29 is 59.2 Å². The van der Waals surface area contributed by atoms with Crippen molar-refractivity contribution in [1.82, 2.24) is 0 Å². The molecule has 3 aromatic rings. The van der Waals surface area contributed by atoms with Crippen LogP contribution in [0.1, 0.15) is 33.6 Å². The Morgan fingerprint density at radius 2 is 1.21 bits per heavy atom. The van der Waals surface area contributed by atoms with Crippen LogP contribution in [0, 0.1) is 11.8 Å². The van der Waals surface area contributed by atoms with Crippen LogP contribution in [0.2, 0.25) is 0 Å². The van der Waals surface area contributed by atoms with Crippen LogP contribution < -0.4 is 9.47 Å². The molecule has 0 aromatic heterocycles. The van der Waals surface area contributed by atoms with Crippen LogP contribution in [-0.2, 0) is 9.47 Å². The first-order valence-electron chi connectivity index (χ1n) is 15.3. The van der Waals surface area contributed by atoms with Gasteiger partial charge in [0.05, 0.1) is 51.8 Å². The molecular formula is C34H40O12S. The Labute approximate surface area is 275 Å². The van der Waals surface area contributed by atoms with Crippen LogP contribution in [0.3, 0.4) is 0 Å². The first kappa shape index (κ1) is 35.2. The number of fused-ring (bicyclic) bond motifs is 1. The van der Waals surface area contributed by atoms with Gasteiger partial charge in [0.15, 0.2) is 11.6 Å². The number of rotatable bonds is 12. The number of carbonyl (C=O) groups is 2. The highest BCUT2D eigenvalue weighted by atomic mass is 32.2. The summed E-state index contributed by atoms with van der Waals surface area (Å²) in [5.41, 5.74) is -1.77. The van der Waals surface area contributed by atoms with Crippen molar-refractivity contribution in [2.75, 3.05) is 27.4 Å². The van der Waals surface area contributed by atoms with Crippen molar-refractivity contribution in [1.29, 1.82) is 0 Å². The average molecular weight is 673 g/mol. The Kier molecular flexibility index (Phi) is 11.5. The predicted molar refractivity (Wildman–Crippen MR) is 171 cm³/mol. The summed E-state index contributed by atoms with van der Waals surface area (Å²) >= 11 is 0.817. The minimum Gasteiger partial charge on any atom is -0.497 e. The van der Waals surface area contributed by atoms with Gasteiger partial charge in [0.2, 0.25) is 0 Å². The normalized spacial score (nSPS) is 31.0. The molecule has 2 saturated heterocycles. The monoisotopic (exact) mass is 672 g/mol. The van der Waals surface area contributed by atoms with E-state index >= 15 is 0 Å². The Hall–Kier alpha value is -3.11. The molecule has 2 heterocycles. The third-order valence-corrected chi connectivity index (χ3v) is 10.2. The van der Waals surface area contributed by atoms with Gasteiger partial charge in [0.25, 0.3) is 0 Å². The van der Waals surface area contributed by atoms with Crippen LogP contribution in [0.5, 0.6) is 11.5 Å². The molecular weight excluding hydrogens is 632 g/mol. The molecule has 0 bridgehead atoms. The van der Waals surface area contributed by atoms with E-state index in [0.717, 1.165) is 22.5 Å². The summed E-state index contributed by atoms with van der Waals surface area (Å²) in [7, 11) is 2.88. The van der Waals surface area contributed by atoms with E-state index in [1.165, 1.54) is 26.4 Å². The molecule has 0 spiro atoms. The minimum absolute atomic E-state index is 0.223. The maximum atomic E-state index is 13.5. The molecule has 5 rings (SSSR count). The molecule has 0 aliphatic carbocycles. The third kappa shape index (κ3) is 7.48. The standard InChI is InChI=1S/C34H40O12S/c1-43-19-10-18(11-20(12-19)44-2)25(37)13-23-29(39)27(15-35)45-33(31(23)41)47-34-32(42)24(30(40)28(16-36)46-34)14-26(38)22-9-5-7-17-6-3-4-8-21(17)22/h3-12,23-24,27-36,39-42H,13-16H2,1-2H3/t23?,24-,27+,28?,29+,30+,31?,32?,33-,34-/m0/s1. The van der Waals surface area contributed by atoms with Crippen molar-refractivity contribution in [2.45, 2.75) is 60.3 Å². The smallest absolute Gasteiger partial charge is 0.163 e. The van der Waals surface area contributed by atoms with Crippen molar-refractivity contribution in [3.8, 4) is 11.5 Å². The molecule has 6 N–H and O–H groups in total. The lowest BCUT2D eigenvalue weighted by atomic mass is 9.84. The molecule has 0 saturated carbocycles. The van der Waals surface area contributed by atoms with E-state index in [2.05, 4.69) is 0 Å². The SMILES string of the molecule is COc1cc(OC)cc(C(=O)CC2C(O)[C@H](S[C@@H]3OC(CO)[C@H](O)[C@H](CC(=O)c4cccc5ccccc45)C3O)O[C@H](CO)[C@@H]2O)c1. The van der Waals surface area contributed by atoms with Crippen molar-refractivity contribution in [3.63, 3.8) is 0 Å². The van der Waals surface area contributed by atoms with E-state index in [9.17, 15) is 40.2 Å². The van der Waals surface area contributed by atoms with E-state index in [4.69, 9.17) is 18.9 Å². The Balaban J connectivity index is 1.35. The number of thioether (sulfide) groups is 1. The fourth-order valence-corrected chi connectivity index (χ4v) is 7.66. The number of hydrogen-bond donors (Lipinski definition) is 6. The number of ketones is 2. The zero-order chi connectivity index (χ0) is 33.8. The second-order valence-electron chi connectivity index (χ2n) is 11.8. The minimum atomic E-state index is -1.47. The van der Waals surface area contributed by atoms with Gasteiger partial charge in [-0.05, 0) is 22.9 Å². The van der Waals surface area contributed by atoms with Gasteiger partial charge in [-0.15, -0.1) is 0 Å². The van der Waals surface area contributed by atoms with Gasteiger partial charge in [-0.3, -0.25) is 9.59 Å². The number of carbonyl (C=O) groups excluding carboxylic acids is 2. The zero-order valence-electron chi connectivity index (χ0n) is 25.9. The third-order valence-electron chi connectivity index (χ3n) is 8.93. The second kappa shape index (κ2) is 15.4. The lowest BCUT2D eigenvalue weighted by molar-refractivity contribution is -0.191. The number of aliphatic hydroxyl groups excluding tert-OH is 6. The maximum absolute atomic E-state index is 13.5. The molecule has 13 heteroatoms. The molecule has 0 amide bonds. The van der Waals surface area contributed by atoms with Crippen LogP contribution in [0.15, 0.2) is 60.7 Å². The predicted octanol–water partition coefficient (Wildman–Crippen LogP) is 1.55. The van der Waals surface area contributed by atoms with Crippen LogP contribution in [0.4, 0.5) is 0 Å². The Morgan fingerprint density at radius 1 is 0.702 bits per heavy atom. The Morgan fingerprint density at radius 3 is 1.74 bits per heavy atom. The summed E-state index contributed by atoms with van der Waals surface area (Å²) in [6.07, 6.45) is -8.67. The molecule has 12 nitrogen and oxygen atoms in total. The van der Waals surface area contributed by atoms with Gasteiger partial charge in [0.1, 0.15) is 34.6 Å². The van der Waals surface area contributed by atoms with Crippen molar-refractivity contribution in [2.24, 2.45) is 11.8 Å². The molecule has 3 aromatic carbocycles. The highest BCUT2D eigenvalue weighted by Gasteiger charge is 2.50. The number of aliphatic hydroxyl groups is 6. The van der Waals surface area contributed by atoms with E-state index in [1.54, 1.807) is 18.2 Å². The fourth-order valence-electron chi connectivity index (χ4n) is 6.26. The van der Waals surface area contributed by atoms with Gasteiger partial charge in [-0.2, -0.15) is 0 Å². The molecule has 2 aliphatic rings. The average Bonchev–Trinajstić information content (AvgIpc) is 3.09. The van der Waals surface area contributed by atoms with Gasteiger partial charge in [-0.1, -0.05) is 54.2 Å². The summed E-state index contributed by atoms with van der Waals surface area (Å²) < 4.78 is 22.1. The maximum Gasteiger partial charge on any atom is 0.163 e. The van der Waals surface area contributed by atoms with E-state index in [0.29, 0.717) is 17.1 Å². The number of methoxy groups -OCH3 is 2. The number of ether oxygens (including phenoxy) is 4. The van der Waals surface area contributed by atoms with Gasteiger partial charge >= 0.3 is 0 Å². The summed E-state index contributed by atoms with van der Waals surface area (Å²) in [6, 6.07) is 17.3. The number of Topliss-reactive ketones (excluding diaryl/α,β-unsaturated/α-hetero) is 2. The van der Waals surface area contributed by atoms with Gasteiger partial charge in [-0.25, -0.2) is 0 Å². The number of benzene rings is 3. The summed E-state index contributed by atoms with van der Waals surface area (Å²) in [5.74, 6) is -2.15. The highest BCUT2D eigenvalue weighted by molar-refractivity contribution is 8.00. The molecule has 254 valence electrons. The molecule has 2 aliphatic heterocycles. The van der Waals surface area contributed by atoms with E-state index in [1.807, 2.05) is 30.3 Å². The summed E-state index contributed by atoms with van der Waals surface area (Å²) in [6.45, 7) is -1.24. The van der Waals surface area contributed by atoms with Crippen LogP contribution in [-0.4, -0.2) is 117 Å². The number of hydrogen-bond acceptors (Lipinski definition) is 13. The van der Waals surface area contributed by atoms with E-state index < -0.39 is 78.3 Å². The van der Waals surface area contributed by atoms with Crippen molar-refractivity contribution in [3.05, 3.63) is 71.8 Å². The summed E-state index contributed by atoms with van der Waals surface area (Å²) in [5, 5.41) is 66.4. The van der Waals surface area contributed by atoms with Crippen LogP contribution in [0.25, 0.3) is 10.8 Å². The lowest BCUT2D eigenvalue weighted by Crippen LogP contribution is -2.58. The highest BCUT2D eigenvalue weighted by Crippen LogP contribution is 2.42. The lowest BCUT2D eigenvalue weighted by Gasteiger charge is -2.46. The molecule has 47 heavy (non-hydrogen) atoms. The quantitative estimate of drug-likeness (QED) is 0.152. The van der Waals surface area contributed by atoms with Crippen LogP contribution >= 0.6 is 11.8 Å². The first-order valence-corrected chi connectivity index (χ1v) is 16.2. The second-order valence-corrected chi connectivity index (χ2v) is 13.0. The zero-order valence-corrected chi connectivity index (χ0v) is 26.7. The molecule has 10 atom stereocenters. The molecule has 2 fully saturated rings. The first-order chi connectivity index (χ1) is 22.6. The fraction of sp³-hybridized carbons (Fsp3) is 0.471. The molecule has 0 radical (unpaired) electrons. The van der Waals surface area contributed by atoms with E-state index in [-0.39, 0.29) is 24.2 Å². The summed E-state index contributed by atoms with van der Waals surface area (Å²) in [4.78, 5) is 26.9. The topological polar surface area (TPSA) is 192 Å². The van der Waals surface area contributed by atoms with Gasteiger partial charge in [0, 0.05) is 41.9 Å². The largest absolute Gasteiger partial charge is 0.497 e. The van der Waals surface area contributed by atoms with Crippen molar-refractivity contribution >= 4 is 34.1 Å².